The molecule has 0 aromatic heterocycles. The van der Waals surface area contributed by atoms with Crippen LogP contribution in [0, 0.1) is 5.92 Å². The van der Waals surface area contributed by atoms with Crippen molar-refractivity contribution in [3.8, 4) is 0 Å². The Labute approximate surface area is 190 Å². The second-order valence-corrected chi connectivity index (χ2v) is 8.95. The molecular formula is C26H34N2O4. The highest BCUT2D eigenvalue weighted by Gasteiger charge is 2.27. The molecule has 0 saturated heterocycles. The van der Waals surface area contributed by atoms with Crippen LogP contribution in [0.15, 0.2) is 48.5 Å². The third-order valence-corrected chi connectivity index (χ3v) is 5.46. The van der Waals surface area contributed by atoms with Gasteiger partial charge in [-0.2, -0.15) is 0 Å². The number of amides is 2. The van der Waals surface area contributed by atoms with Crippen LogP contribution in [0.2, 0.25) is 0 Å². The standard InChI is InChI=1S/C26H34N2O4/c1-7-17(3)22(28-23(29)18-9-13-20(14-10-18)26(4,5)6)24(30)27-21-15-11-19(12-16-21)25(31)32-8-2/h9-17,22H,7-8H2,1-6H3,(H,27,30)(H,28,29). The summed E-state index contributed by atoms with van der Waals surface area (Å²) in [6.45, 7) is 12.3. The molecule has 0 aliphatic rings. The lowest BCUT2D eigenvalue weighted by molar-refractivity contribution is -0.119. The van der Waals surface area contributed by atoms with E-state index in [0.29, 0.717) is 23.4 Å². The van der Waals surface area contributed by atoms with Crippen molar-refractivity contribution in [2.75, 3.05) is 11.9 Å². The van der Waals surface area contributed by atoms with Gasteiger partial charge in [0.05, 0.1) is 12.2 Å². The van der Waals surface area contributed by atoms with Crippen LogP contribution < -0.4 is 10.6 Å². The van der Waals surface area contributed by atoms with E-state index in [1.165, 1.54) is 0 Å². The lowest BCUT2D eigenvalue weighted by atomic mass is 9.86. The molecule has 0 spiro atoms. The van der Waals surface area contributed by atoms with Crippen molar-refractivity contribution in [1.29, 1.82) is 0 Å². The normalized spacial score (nSPS) is 13.1. The van der Waals surface area contributed by atoms with Crippen LogP contribution in [-0.4, -0.2) is 30.4 Å². The van der Waals surface area contributed by atoms with Gasteiger partial charge in [0, 0.05) is 11.3 Å². The fourth-order valence-electron chi connectivity index (χ4n) is 3.17. The number of carbonyl (C=O) groups excluding carboxylic acids is 3. The number of anilines is 1. The maximum atomic E-state index is 13.0. The molecule has 0 saturated carbocycles. The summed E-state index contributed by atoms with van der Waals surface area (Å²) in [4.78, 5) is 37.6. The zero-order valence-corrected chi connectivity index (χ0v) is 19.8. The zero-order valence-electron chi connectivity index (χ0n) is 19.8. The highest BCUT2D eigenvalue weighted by atomic mass is 16.5. The Hall–Kier alpha value is -3.15. The quantitative estimate of drug-likeness (QED) is 0.572. The fourth-order valence-corrected chi connectivity index (χ4v) is 3.17. The van der Waals surface area contributed by atoms with Gasteiger partial charge >= 0.3 is 5.97 Å². The number of hydrogen-bond donors (Lipinski definition) is 2. The van der Waals surface area contributed by atoms with Gasteiger partial charge in [0.15, 0.2) is 0 Å². The van der Waals surface area contributed by atoms with Gasteiger partial charge in [-0.05, 0) is 60.2 Å². The smallest absolute Gasteiger partial charge is 0.338 e. The second-order valence-electron chi connectivity index (χ2n) is 8.95. The monoisotopic (exact) mass is 438 g/mol. The first-order chi connectivity index (χ1) is 15.1. The summed E-state index contributed by atoms with van der Waals surface area (Å²) in [5, 5.41) is 5.72. The molecule has 2 aromatic carbocycles. The fraction of sp³-hybridized carbons (Fsp3) is 0.423. The first kappa shape index (κ1) is 25.1. The summed E-state index contributed by atoms with van der Waals surface area (Å²) in [5.74, 6) is -1.06. The third-order valence-electron chi connectivity index (χ3n) is 5.46. The molecule has 0 aliphatic carbocycles. The van der Waals surface area contributed by atoms with E-state index >= 15 is 0 Å². The van der Waals surface area contributed by atoms with Gasteiger partial charge in [0.2, 0.25) is 5.91 Å². The van der Waals surface area contributed by atoms with Crippen LogP contribution >= 0.6 is 0 Å². The minimum absolute atomic E-state index is 0.00300. The van der Waals surface area contributed by atoms with Crippen molar-refractivity contribution < 1.29 is 19.1 Å². The molecule has 0 radical (unpaired) electrons. The summed E-state index contributed by atoms with van der Waals surface area (Å²) in [7, 11) is 0. The van der Waals surface area contributed by atoms with Crippen LogP contribution in [0.25, 0.3) is 0 Å². The number of benzene rings is 2. The van der Waals surface area contributed by atoms with Crippen molar-refractivity contribution in [2.45, 2.75) is 59.4 Å². The van der Waals surface area contributed by atoms with Gasteiger partial charge in [-0.3, -0.25) is 9.59 Å². The van der Waals surface area contributed by atoms with Crippen molar-refractivity contribution in [2.24, 2.45) is 5.92 Å². The van der Waals surface area contributed by atoms with Gasteiger partial charge in [0.1, 0.15) is 6.04 Å². The number of hydrogen-bond acceptors (Lipinski definition) is 4. The highest BCUT2D eigenvalue weighted by molar-refractivity contribution is 6.01. The molecule has 0 aliphatic heterocycles. The molecule has 0 heterocycles. The molecule has 2 unspecified atom stereocenters. The molecule has 0 bridgehead atoms. The van der Waals surface area contributed by atoms with Gasteiger partial charge in [-0.1, -0.05) is 53.2 Å². The molecule has 0 fully saturated rings. The van der Waals surface area contributed by atoms with Gasteiger partial charge < -0.3 is 15.4 Å². The van der Waals surface area contributed by atoms with Crippen molar-refractivity contribution in [3.05, 3.63) is 65.2 Å². The Balaban J connectivity index is 2.11. The average Bonchev–Trinajstić information content (AvgIpc) is 2.76. The van der Waals surface area contributed by atoms with E-state index in [2.05, 4.69) is 31.4 Å². The second kappa shape index (κ2) is 10.9. The van der Waals surface area contributed by atoms with E-state index in [1.54, 1.807) is 43.3 Å². The SMILES string of the molecule is CCOC(=O)c1ccc(NC(=O)C(NC(=O)c2ccc(C(C)(C)C)cc2)C(C)CC)cc1. The predicted molar refractivity (Wildman–Crippen MR) is 127 cm³/mol. The molecule has 6 heteroatoms. The summed E-state index contributed by atoms with van der Waals surface area (Å²) in [5.41, 5.74) is 2.60. The first-order valence-corrected chi connectivity index (χ1v) is 11.1. The van der Waals surface area contributed by atoms with Crippen LogP contribution in [0.4, 0.5) is 5.69 Å². The Kier molecular flexibility index (Phi) is 8.58. The Morgan fingerprint density at radius 2 is 1.47 bits per heavy atom. The molecular weight excluding hydrogens is 404 g/mol. The molecule has 2 amide bonds. The number of ether oxygens (including phenoxy) is 1. The maximum absolute atomic E-state index is 13.0. The van der Waals surface area contributed by atoms with Gasteiger partial charge in [-0.25, -0.2) is 4.79 Å². The molecule has 2 atom stereocenters. The van der Waals surface area contributed by atoms with Gasteiger partial charge in [-0.15, -0.1) is 0 Å². The molecule has 32 heavy (non-hydrogen) atoms. The highest BCUT2D eigenvalue weighted by Crippen LogP contribution is 2.22. The molecule has 172 valence electrons. The number of rotatable bonds is 8. The Morgan fingerprint density at radius 3 is 1.97 bits per heavy atom. The van der Waals surface area contributed by atoms with E-state index in [1.807, 2.05) is 26.0 Å². The predicted octanol–water partition coefficient (Wildman–Crippen LogP) is 4.94. The average molecular weight is 439 g/mol. The molecule has 2 aromatic rings. The van der Waals surface area contributed by atoms with Crippen molar-refractivity contribution in [3.63, 3.8) is 0 Å². The van der Waals surface area contributed by atoms with Crippen LogP contribution in [0.1, 0.15) is 74.2 Å². The van der Waals surface area contributed by atoms with Gasteiger partial charge in [0.25, 0.3) is 5.91 Å². The van der Waals surface area contributed by atoms with E-state index in [-0.39, 0.29) is 23.1 Å². The minimum atomic E-state index is -0.695. The lowest BCUT2D eigenvalue weighted by Crippen LogP contribution is -2.47. The molecule has 2 rings (SSSR count). The number of carbonyl (C=O) groups is 3. The Morgan fingerprint density at radius 1 is 0.906 bits per heavy atom. The number of nitrogens with one attached hydrogen (secondary N) is 2. The van der Waals surface area contributed by atoms with E-state index < -0.39 is 12.0 Å². The summed E-state index contributed by atoms with van der Waals surface area (Å²) >= 11 is 0. The summed E-state index contributed by atoms with van der Waals surface area (Å²) < 4.78 is 4.97. The maximum Gasteiger partial charge on any atom is 0.338 e. The van der Waals surface area contributed by atoms with Crippen LogP contribution in [-0.2, 0) is 14.9 Å². The van der Waals surface area contributed by atoms with Crippen LogP contribution in [0.5, 0.6) is 0 Å². The lowest BCUT2D eigenvalue weighted by Gasteiger charge is -2.24. The first-order valence-electron chi connectivity index (χ1n) is 11.1. The Bertz CT molecular complexity index is 928. The van der Waals surface area contributed by atoms with Crippen LogP contribution in [0.3, 0.4) is 0 Å². The van der Waals surface area contributed by atoms with Crippen molar-refractivity contribution in [1.82, 2.24) is 5.32 Å². The largest absolute Gasteiger partial charge is 0.462 e. The van der Waals surface area contributed by atoms with Crippen molar-refractivity contribution >= 4 is 23.5 Å². The summed E-state index contributed by atoms with van der Waals surface area (Å²) in [6, 6.07) is 13.2. The summed E-state index contributed by atoms with van der Waals surface area (Å²) in [6.07, 6.45) is 0.725. The van der Waals surface area contributed by atoms with E-state index in [9.17, 15) is 14.4 Å². The minimum Gasteiger partial charge on any atom is -0.462 e. The van der Waals surface area contributed by atoms with E-state index in [0.717, 1.165) is 12.0 Å². The zero-order chi connectivity index (χ0) is 23.9. The molecule has 2 N–H and O–H groups in total. The third kappa shape index (κ3) is 6.67. The number of esters is 1. The topological polar surface area (TPSA) is 84.5 Å². The molecule has 6 nitrogen and oxygen atoms in total. The van der Waals surface area contributed by atoms with E-state index in [4.69, 9.17) is 4.74 Å².